The van der Waals surface area contributed by atoms with Crippen molar-refractivity contribution in [1.29, 1.82) is 0 Å². The minimum absolute atomic E-state index is 0.106. The normalized spacial score (nSPS) is 29.6. The van der Waals surface area contributed by atoms with Crippen LogP contribution in [-0.4, -0.2) is 47.6 Å². The molecule has 1 aromatic carbocycles. The summed E-state index contributed by atoms with van der Waals surface area (Å²) in [5, 5.41) is 0. The number of likely N-dealkylation sites (tertiary alicyclic amines) is 1. The lowest BCUT2D eigenvalue weighted by molar-refractivity contribution is -0.142. The Kier molecular flexibility index (Phi) is 4.19. The number of piperidine rings is 1. The molecule has 6 nitrogen and oxygen atoms in total. The van der Waals surface area contributed by atoms with Crippen molar-refractivity contribution in [3.8, 4) is 0 Å². The van der Waals surface area contributed by atoms with E-state index in [0.29, 0.717) is 17.7 Å². The summed E-state index contributed by atoms with van der Waals surface area (Å²) in [4.78, 5) is 25.9. The van der Waals surface area contributed by atoms with E-state index in [1.807, 2.05) is 26.0 Å². The summed E-state index contributed by atoms with van der Waals surface area (Å²) in [5.74, 6) is -0.213. The molecule has 3 aliphatic rings. The van der Waals surface area contributed by atoms with E-state index in [1.54, 1.807) is 10.4 Å². The molecule has 26 heavy (non-hydrogen) atoms. The predicted molar refractivity (Wildman–Crippen MR) is 95.9 cm³/mol. The number of nitrogens with zero attached hydrogens (tertiary/aromatic N) is 2. The molecule has 2 atom stereocenters. The number of benzene rings is 1. The molecule has 0 spiro atoms. The van der Waals surface area contributed by atoms with Crippen LogP contribution in [0.3, 0.4) is 0 Å². The van der Waals surface area contributed by atoms with Gasteiger partial charge >= 0.3 is 0 Å². The molecule has 0 aromatic heterocycles. The van der Waals surface area contributed by atoms with Crippen LogP contribution in [0.25, 0.3) is 0 Å². The van der Waals surface area contributed by atoms with Gasteiger partial charge in [-0.3, -0.25) is 14.5 Å². The molecule has 7 heteroatoms. The van der Waals surface area contributed by atoms with Gasteiger partial charge < -0.3 is 0 Å². The lowest BCUT2D eigenvalue weighted by Gasteiger charge is -2.40. The molecular formula is C19H24N2O4S. The third-order valence-corrected chi connectivity index (χ3v) is 8.14. The zero-order valence-electron chi connectivity index (χ0n) is 15.1. The third-order valence-electron chi connectivity index (χ3n) is 6.00. The predicted octanol–water partition coefficient (Wildman–Crippen LogP) is 2.14. The number of carbonyl (C=O) groups excluding carboxylic acids is 2. The van der Waals surface area contributed by atoms with Crippen LogP contribution in [0, 0.1) is 13.8 Å². The summed E-state index contributed by atoms with van der Waals surface area (Å²) >= 11 is 0. The van der Waals surface area contributed by atoms with Gasteiger partial charge in [-0.2, -0.15) is 4.31 Å². The minimum atomic E-state index is -3.58. The molecule has 140 valence electrons. The highest BCUT2D eigenvalue weighted by molar-refractivity contribution is 7.89. The summed E-state index contributed by atoms with van der Waals surface area (Å²) in [5.41, 5.74) is 1.67. The molecule has 0 N–H and O–H groups in total. The van der Waals surface area contributed by atoms with E-state index < -0.39 is 10.0 Å². The van der Waals surface area contributed by atoms with Gasteiger partial charge in [-0.1, -0.05) is 12.1 Å². The van der Waals surface area contributed by atoms with Crippen molar-refractivity contribution in [3.63, 3.8) is 0 Å². The van der Waals surface area contributed by atoms with Crippen LogP contribution in [0.4, 0.5) is 0 Å². The van der Waals surface area contributed by atoms with Crippen molar-refractivity contribution in [1.82, 2.24) is 9.21 Å². The van der Waals surface area contributed by atoms with E-state index in [0.717, 1.165) is 24.0 Å². The highest BCUT2D eigenvalue weighted by atomic mass is 32.2. The Hall–Kier alpha value is -1.73. The first-order valence-electron chi connectivity index (χ1n) is 9.24. The van der Waals surface area contributed by atoms with E-state index >= 15 is 0 Å². The second kappa shape index (κ2) is 6.16. The summed E-state index contributed by atoms with van der Waals surface area (Å²) in [6.45, 7) is 3.71. The SMILES string of the molecule is Cc1ccc(C)c(S(=O)(=O)N2C3CCC2CC(N2C(=O)CCC2=O)C3)c1. The average molecular weight is 376 g/mol. The Labute approximate surface area is 154 Å². The van der Waals surface area contributed by atoms with Gasteiger partial charge in [0.1, 0.15) is 0 Å². The number of hydrogen-bond donors (Lipinski definition) is 0. The first-order valence-corrected chi connectivity index (χ1v) is 10.7. The van der Waals surface area contributed by atoms with Crippen LogP contribution in [-0.2, 0) is 19.6 Å². The molecule has 2 unspecified atom stereocenters. The number of rotatable bonds is 3. The van der Waals surface area contributed by atoms with Gasteiger partial charge in [-0.25, -0.2) is 8.42 Å². The molecule has 1 aromatic rings. The fourth-order valence-electron chi connectivity index (χ4n) is 4.81. The molecule has 2 amide bonds. The second-order valence-corrected chi connectivity index (χ2v) is 9.58. The van der Waals surface area contributed by atoms with Gasteiger partial charge in [0.05, 0.1) is 4.90 Å². The maximum Gasteiger partial charge on any atom is 0.243 e. The van der Waals surface area contributed by atoms with Crippen LogP contribution < -0.4 is 0 Å². The van der Waals surface area contributed by atoms with Crippen LogP contribution in [0.15, 0.2) is 23.1 Å². The first-order chi connectivity index (χ1) is 12.3. The molecule has 2 bridgehead atoms. The summed E-state index contributed by atoms with van der Waals surface area (Å²) in [7, 11) is -3.58. The molecule has 4 rings (SSSR count). The Balaban J connectivity index is 1.63. The summed E-state index contributed by atoms with van der Waals surface area (Å²) in [6.07, 6.45) is 3.27. The monoisotopic (exact) mass is 376 g/mol. The number of sulfonamides is 1. The lowest BCUT2D eigenvalue weighted by Crippen LogP contribution is -2.53. The van der Waals surface area contributed by atoms with Crippen LogP contribution >= 0.6 is 0 Å². The van der Waals surface area contributed by atoms with E-state index in [2.05, 4.69) is 0 Å². The number of amides is 2. The van der Waals surface area contributed by atoms with Gasteiger partial charge in [-0.15, -0.1) is 0 Å². The second-order valence-electron chi connectivity index (χ2n) is 7.77. The number of hydrogen-bond acceptors (Lipinski definition) is 4. The lowest BCUT2D eigenvalue weighted by atomic mass is 9.98. The molecule has 0 radical (unpaired) electrons. The van der Waals surface area contributed by atoms with Crippen molar-refractivity contribution in [2.75, 3.05) is 0 Å². The Morgan fingerprint density at radius 1 is 0.923 bits per heavy atom. The van der Waals surface area contributed by atoms with Crippen molar-refractivity contribution in [2.24, 2.45) is 0 Å². The van der Waals surface area contributed by atoms with Gasteiger partial charge in [-0.05, 0) is 56.7 Å². The molecule has 0 aliphatic carbocycles. The maximum atomic E-state index is 13.4. The standard InChI is InChI=1S/C19H24N2O4S/c1-12-3-4-13(2)17(9-12)26(24,25)21-14-5-6-15(21)11-16(10-14)20-18(22)7-8-19(20)23/h3-4,9,14-16H,5-8,10-11H2,1-2H3. The Morgan fingerprint density at radius 3 is 2.08 bits per heavy atom. The van der Waals surface area contributed by atoms with Crippen LogP contribution in [0.5, 0.6) is 0 Å². The van der Waals surface area contributed by atoms with Gasteiger partial charge in [0.15, 0.2) is 0 Å². The molecule has 3 heterocycles. The van der Waals surface area contributed by atoms with Crippen LogP contribution in [0.2, 0.25) is 0 Å². The summed E-state index contributed by atoms with van der Waals surface area (Å²) < 4.78 is 28.4. The number of aryl methyl sites for hydroxylation is 2. The zero-order valence-corrected chi connectivity index (χ0v) is 16.0. The zero-order chi connectivity index (χ0) is 18.6. The van der Waals surface area contributed by atoms with Crippen molar-refractivity contribution in [2.45, 2.75) is 75.4 Å². The number of carbonyl (C=O) groups is 2. The quantitative estimate of drug-likeness (QED) is 0.758. The van der Waals surface area contributed by atoms with E-state index in [1.165, 1.54) is 4.90 Å². The van der Waals surface area contributed by atoms with Crippen LogP contribution in [0.1, 0.15) is 49.7 Å². The fraction of sp³-hybridized carbons (Fsp3) is 0.579. The molecule has 3 fully saturated rings. The fourth-order valence-corrected chi connectivity index (χ4v) is 7.01. The highest BCUT2D eigenvalue weighted by Gasteiger charge is 2.50. The van der Waals surface area contributed by atoms with E-state index in [9.17, 15) is 18.0 Å². The maximum absolute atomic E-state index is 13.4. The number of imide groups is 1. The number of fused-ring (bicyclic) bond motifs is 2. The van der Waals surface area contributed by atoms with Crippen molar-refractivity contribution >= 4 is 21.8 Å². The average Bonchev–Trinajstić information content (AvgIpc) is 3.06. The van der Waals surface area contributed by atoms with Gasteiger partial charge in [0.25, 0.3) is 0 Å². The first kappa shape index (κ1) is 17.7. The molecule has 3 saturated heterocycles. The van der Waals surface area contributed by atoms with E-state index in [4.69, 9.17) is 0 Å². The molecule has 0 saturated carbocycles. The molecule has 3 aliphatic heterocycles. The van der Waals surface area contributed by atoms with Crippen molar-refractivity contribution < 1.29 is 18.0 Å². The largest absolute Gasteiger partial charge is 0.279 e. The Bertz CT molecular complexity index is 850. The minimum Gasteiger partial charge on any atom is -0.279 e. The molecular weight excluding hydrogens is 352 g/mol. The smallest absolute Gasteiger partial charge is 0.243 e. The topological polar surface area (TPSA) is 74.8 Å². The van der Waals surface area contributed by atoms with E-state index in [-0.39, 0.29) is 42.8 Å². The van der Waals surface area contributed by atoms with Gasteiger partial charge in [0, 0.05) is 31.0 Å². The van der Waals surface area contributed by atoms with Gasteiger partial charge in [0.2, 0.25) is 21.8 Å². The van der Waals surface area contributed by atoms with Crippen molar-refractivity contribution in [3.05, 3.63) is 29.3 Å². The Morgan fingerprint density at radius 2 is 1.50 bits per heavy atom. The summed E-state index contributed by atoms with van der Waals surface area (Å²) in [6, 6.07) is 5.08. The third kappa shape index (κ3) is 2.68. The highest BCUT2D eigenvalue weighted by Crippen LogP contribution is 2.42.